The SMILES string of the molecule is Nc1cc(OCCc2ccsc2)c2ccc(Br)cc2n1. The van der Waals surface area contributed by atoms with Crippen LogP contribution in [-0.4, -0.2) is 11.6 Å². The van der Waals surface area contributed by atoms with Crippen LogP contribution in [0.4, 0.5) is 5.82 Å². The molecule has 0 radical (unpaired) electrons. The van der Waals surface area contributed by atoms with E-state index < -0.39 is 0 Å². The van der Waals surface area contributed by atoms with Gasteiger partial charge in [0.15, 0.2) is 0 Å². The molecule has 20 heavy (non-hydrogen) atoms. The Hall–Kier alpha value is -1.59. The summed E-state index contributed by atoms with van der Waals surface area (Å²) >= 11 is 5.14. The molecular weight excluding hydrogens is 336 g/mol. The second kappa shape index (κ2) is 5.81. The third-order valence-electron chi connectivity index (χ3n) is 2.98. The van der Waals surface area contributed by atoms with Crippen molar-refractivity contribution in [1.29, 1.82) is 0 Å². The van der Waals surface area contributed by atoms with Crippen molar-refractivity contribution >= 4 is 44.0 Å². The minimum Gasteiger partial charge on any atom is -0.492 e. The summed E-state index contributed by atoms with van der Waals surface area (Å²) in [5.74, 6) is 1.26. The Bertz CT molecular complexity index is 723. The van der Waals surface area contributed by atoms with E-state index in [1.165, 1.54) is 5.56 Å². The zero-order chi connectivity index (χ0) is 13.9. The molecule has 0 spiro atoms. The third kappa shape index (κ3) is 2.94. The van der Waals surface area contributed by atoms with Crippen molar-refractivity contribution in [1.82, 2.24) is 4.98 Å². The maximum Gasteiger partial charge on any atom is 0.132 e. The fourth-order valence-corrected chi connectivity index (χ4v) is 3.07. The molecule has 2 aromatic heterocycles. The second-order valence-electron chi connectivity index (χ2n) is 4.44. The monoisotopic (exact) mass is 348 g/mol. The highest BCUT2D eigenvalue weighted by atomic mass is 79.9. The van der Waals surface area contributed by atoms with Gasteiger partial charge in [-0.3, -0.25) is 0 Å². The van der Waals surface area contributed by atoms with Crippen LogP contribution in [0.25, 0.3) is 10.9 Å². The van der Waals surface area contributed by atoms with E-state index >= 15 is 0 Å². The number of hydrogen-bond donors (Lipinski definition) is 1. The Labute approximate surface area is 129 Å². The van der Waals surface area contributed by atoms with Crippen LogP contribution in [0.15, 0.2) is 45.6 Å². The normalized spacial score (nSPS) is 10.8. The first-order valence-corrected chi connectivity index (χ1v) is 7.95. The first kappa shape index (κ1) is 13.4. The third-order valence-corrected chi connectivity index (χ3v) is 4.21. The molecule has 0 saturated carbocycles. The Morgan fingerprint density at radius 3 is 2.95 bits per heavy atom. The van der Waals surface area contributed by atoms with Crippen LogP contribution in [0.1, 0.15) is 5.56 Å². The van der Waals surface area contributed by atoms with E-state index in [9.17, 15) is 0 Å². The van der Waals surface area contributed by atoms with Gasteiger partial charge in [0.05, 0.1) is 12.1 Å². The minimum absolute atomic E-state index is 0.473. The summed E-state index contributed by atoms with van der Waals surface area (Å²) in [5, 5.41) is 5.19. The molecule has 0 bridgehead atoms. The standard InChI is InChI=1S/C15H13BrN2OS/c16-11-1-2-12-13(7-11)18-15(17)8-14(12)19-5-3-10-4-6-20-9-10/h1-2,4,6-9H,3,5H2,(H2,17,18). The number of nitrogen functional groups attached to an aromatic ring is 1. The number of nitrogens with two attached hydrogens (primary N) is 1. The van der Waals surface area contributed by atoms with Gasteiger partial charge in [0, 0.05) is 22.3 Å². The van der Waals surface area contributed by atoms with Gasteiger partial charge in [-0.25, -0.2) is 4.98 Å². The Morgan fingerprint density at radius 2 is 2.15 bits per heavy atom. The molecule has 2 heterocycles. The second-order valence-corrected chi connectivity index (χ2v) is 6.13. The number of benzene rings is 1. The number of rotatable bonds is 4. The van der Waals surface area contributed by atoms with Crippen LogP contribution in [0.3, 0.4) is 0 Å². The molecule has 102 valence electrons. The number of pyridine rings is 1. The predicted octanol–water partition coefficient (Wildman–Crippen LogP) is 4.26. The molecule has 5 heteroatoms. The number of ether oxygens (including phenoxy) is 1. The summed E-state index contributed by atoms with van der Waals surface area (Å²) in [6.45, 7) is 0.630. The molecule has 0 aliphatic carbocycles. The average Bonchev–Trinajstić information content (AvgIpc) is 2.91. The zero-order valence-electron chi connectivity index (χ0n) is 10.7. The molecule has 3 nitrogen and oxygen atoms in total. The Balaban J connectivity index is 1.83. The lowest BCUT2D eigenvalue weighted by Gasteiger charge is -2.10. The van der Waals surface area contributed by atoms with Crippen LogP contribution >= 0.6 is 27.3 Å². The number of hydrogen-bond acceptors (Lipinski definition) is 4. The van der Waals surface area contributed by atoms with Crippen molar-refractivity contribution in [3.05, 3.63) is 51.1 Å². The highest BCUT2D eigenvalue weighted by molar-refractivity contribution is 9.10. The smallest absolute Gasteiger partial charge is 0.132 e. The topological polar surface area (TPSA) is 48.1 Å². The van der Waals surface area contributed by atoms with Crippen LogP contribution in [0.2, 0.25) is 0 Å². The highest BCUT2D eigenvalue weighted by Gasteiger charge is 2.06. The number of halogens is 1. The summed E-state index contributed by atoms with van der Waals surface area (Å²) in [5.41, 5.74) is 7.97. The van der Waals surface area contributed by atoms with E-state index in [0.29, 0.717) is 12.4 Å². The lowest BCUT2D eigenvalue weighted by molar-refractivity contribution is 0.326. The number of nitrogens with zero attached hydrogens (tertiary/aromatic N) is 1. The Kier molecular flexibility index (Phi) is 3.89. The van der Waals surface area contributed by atoms with Gasteiger partial charge in [0.1, 0.15) is 11.6 Å². The molecule has 0 aliphatic rings. The van der Waals surface area contributed by atoms with E-state index in [4.69, 9.17) is 10.5 Å². The zero-order valence-corrected chi connectivity index (χ0v) is 13.1. The number of anilines is 1. The molecule has 1 aromatic carbocycles. The van der Waals surface area contributed by atoms with Crippen LogP contribution in [0, 0.1) is 0 Å². The average molecular weight is 349 g/mol. The molecule has 3 aromatic rings. The lowest BCUT2D eigenvalue weighted by atomic mass is 10.2. The van der Waals surface area contributed by atoms with Gasteiger partial charge in [-0.05, 0) is 40.6 Å². The van der Waals surface area contributed by atoms with Crippen LogP contribution in [-0.2, 0) is 6.42 Å². The summed E-state index contributed by atoms with van der Waals surface area (Å²) in [6, 6.07) is 9.81. The van der Waals surface area contributed by atoms with E-state index in [0.717, 1.165) is 27.5 Å². The molecule has 0 unspecified atom stereocenters. The fraction of sp³-hybridized carbons (Fsp3) is 0.133. The van der Waals surface area contributed by atoms with E-state index in [1.54, 1.807) is 17.4 Å². The Morgan fingerprint density at radius 1 is 1.25 bits per heavy atom. The number of thiophene rings is 1. The van der Waals surface area contributed by atoms with Gasteiger partial charge in [-0.2, -0.15) is 11.3 Å². The highest BCUT2D eigenvalue weighted by Crippen LogP contribution is 2.28. The van der Waals surface area contributed by atoms with Crippen molar-refractivity contribution in [3.63, 3.8) is 0 Å². The fourth-order valence-electron chi connectivity index (χ4n) is 2.02. The van der Waals surface area contributed by atoms with E-state index in [-0.39, 0.29) is 0 Å². The van der Waals surface area contributed by atoms with E-state index in [1.807, 2.05) is 18.2 Å². The number of fused-ring (bicyclic) bond motifs is 1. The van der Waals surface area contributed by atoms with Crippen molar-refractivity contribution in [2.45, 2.75) is 6.42 Å². The maximum absolute atomic E-state index is 5.88. The molecular formula is C15H13BrN2OS. The summed E-state index contributed by atoms with van der Waals surface area (Å²) in [7, 11) is 0. The largest absolute Gasteiger partial charge is 0.492 e. The van der Waals surface area contributed by atoms with Crippen LogP contribution in [0.5, 0.6) is 5.75 Å². The van der Waals surface area contributed by atoms with Gasteiger partial charge in [-0.1, -0.05) is 15.9 Å². The maximum atomic E-state index is 5.88. The quantitative estimate of drug-likeness (QED) is 0.766. The molecule has 0 fully saturated rings. The van der Waals surface area contributed by atoms with Gasteiger partial charge in [-0.15, -0.1) is 0 Å². The van der Waals surface area contributed by atoms with Crippen LogP contribution < -0.4 is 10.5 Å². The minimum atomic E-state index is 0.473. The molecule has 0 amide bonds. The molecule has 0 saturated heterocycles. The van der Waals surface area contributed by atoms with Crippen molar-refractivity contribution in [3.8, 4) is 5.75 Å². The predicted molar refractivity (Wildman–Crippen MR) is 87.4 cm³/mol. The van der Waals surface area contributed by atoms with Gasteiger partial charge in [0.2, 0.25) is 0 Å². The molecule has 0 atom stereocenters. The first-order valence-electron chi connectivity index (χ1n) is 6.22. The first-order chi connectivity index (χ1) is 9.72. The molecule has 2 N–H and O–H groups in total. The molecule has 0 aliphatic heterocycles. The van der Waals surface area contributed by atoms with E-state index in [2.05, 4.69) is 37.7 Å². The van der Waals surface area contributed by atoms with Gasteiger partial charge in [0.25, 0.3) is 0 Å². The van der Waals surface area contributed by atoms with Crippen molar-refractivity contribution < 1.29 is 4.74 Å². The summed E-state index contributed by atoms with van der Waals surface area (Å²) in [4.78, 5) is 4.32. The van der Waals surface area contributed by atoms with Gasteiger partial charge >= 0.3 is 0 Å². The summed E-state index contributed by atoms with van der Waals surface area (Å²) in [6.07, 6.45) is 0.893. The van der Waals surface area contributed by atoms with Crippen molar-refractivity contribution in [2.75, 3.05) is 12.3 Å². The lowest BCUT2D eigenvalue weighted by Crippen LogP contribution is -2.02. The number of aromatic nitrogens is 1. The van der Waals surface area contributed by atoms with Gasteiger partial charge < -0.3 is 10.5 Å². The van der Waals surface area contributed by atoms with Crippen molar-refractivity contribution in [2.24, 2.45) is 0 Å². The summed E-state index contributed by atoms with van der Waals surface area (Å²) < 4.78 is 6.86. The molecule has 3 rings (SSSR count).